The van der Waals surface area contributed by atoms with Crippen LogP contribution in [-0.4, -0.2) is 35.7 Å². The van der Waals surface area contributed by atoms with E-state index in [1.165, 1.54) is 5.56 Å². The minimum atomic E-state index is -0.431. The van der Waals surface area contributed by atoms with Crippen LogP contribution in [0.4, 0.5) is 4.79 Å². The maximum Gasteiger partial charge on any atom is 0.410 e. The third-order valence-corrected chi connectivity index (χ3v) is 3.86. The maximum absolute atomic E-state index is 11.9. The molecule has 0 radical (unpaired) electrons. The molecule has 4 nitrogen and oxygen atoms in total. The Morgan fingerprint density at radius 2 is 2.10 bits per heavy atom. The summed E-state index contributed by atoms with van der Waals surface area (Å²) in [5, 5.41) is 3.54. The van der Waals surface area contributed by atoms with E-state index in [4.69, 9.17) is 4.74 Å². The lowest BCUT2D eigenvalue weighted by Gasteiger charge is -2.41. The molecule has 1 N–H and O–H groups in total. The molecule has 0 unspecified atom stereocenters. The van der Waals surface area contributed by atoms with Crippen molar-refractivity contribution in [2.45, 2.75) is 45.4 Å². The minimum Gasteiger partial charge on any atom is -0.444 e. The largest absolute Gasteiger partial charge is 0.444 e. The monoisotopic (exact) mass is 354 g/mol. The lowest BCUT2D eigenvalue weighted by atomic mass is 10.0. The number of ether oxygens (including phenoxy) is 1. The van der Waals surface area contributed by atoms with Gasteiger partial charge in [-0.3, -0.25) is 0 Å². The number of carbonyl (C=O) groups is 1. The Balaban J connectivity index is 1.79. The van der Waals surface area contributed by atoms with E-state index < -0.39 is 5.60 Å². The highest BCUT2D eigenvalue weighted by Crippen LogP contribution is 2.21. The molecular formula is C16H23BrN2O2. The number of benzene rings is 1. The number of hydrogen-bond donors (Lipinski definition) is 1. The fourth-order valence-electron chi connectivity index (χ4n) is 2.29. The van der Waals surface area contributed by atoms with Crippen molar-refractivity contribution in [3.63, 3.8) is 0 Å². The van der Waals surface area contributed by atoms with E-state index in [0.29, 0.717) is 19.1 Å². The summed E-state index contributed by atoms with van der Waals surface area (Å²) in [7, 11) is 0. The van der Waals surface area contributed by atoms with Crippen LogP contribution in [0.2, 0.25) is 0 Å². The van der Waals surface area contributed by atoms with Crippen molar-refractivity contribution in [1.82, 2.24) is 10.2 Å². The van der Waals surface area contributed by atoms with Crippen molar-refractivity contribution in [1.29, 1.82) is 0 Å². The van der Waals surface area contributed by atoms with Crippen molar-refractivity contribution in [2.75, 3.05) is 13.1 Å². The molecule has 1 heterocycles. The van der Waals surface area contributed by atoms with Crippen molar-refractivity contribution in [3.05, 3.63) is 34.3 Å². The highest BCUT2D eigenvalue weighted by Gasteiger charge is 2.34. The summed E-state index contributed by atoms with van der Waals surface area (Å²) < 4.78 is 6.43. The summed E-state index contributed by atoms with van der Waals surface area (Å²) in [6.07, 6.45) is -0.226. The van der Waals surface area contributed by atoms with Gasteiger partial charge in [0, 0.05) is 29.6 Å². The van der Waals surface area contributed by atoms with E-state index in [-0.39, 0.29) is 12.1 Å². The number of rotatable bonds is 3. The molecule has 1 aliphatic rings. The van der Waals surface area contributed by atoms with Crippen molar-refractivity contribution in [3.8, 4) is 0 Å². The zero-order chi connectivity index (χ0) is 15.6. The summed E-state index contributed by atoms with van der Waals surface area (Å²) in [5.41, 5.74) is 0.805. The Morgan fingerprint density at radius 3 is 2.67 bits per heavy atom. The SMILES string of the molecule is C[C@H](NC1CN(C(=O)OC(C)(C)C)C1)c1cccc(Br)c1. The Bertz CT molecular complexity index is 507. The Morgan fingerprint density at radius 1 is 1.43 bits per heavy atom. The van der Waals surface area contributed by atoms with Crippen molar-refractivity contribution in [2.24, 2.45) is 0 Å². The van der Waals surface area contributed by atoms with E-state index in [1.54, 1.807) is 4.90 Å². The molecule has 0 aliphatic carbocycles. The van der Waals surface area contributed by atoms with Gasteiger partial charge in [-0.2, -0.15) is 0 Å². The van der Waals surface area contributed by atoms with Gasteiger partial charge in [-0.05, 0) is 45.4 Å². The van der Waals surface area contributed by atoms with Crippen LogP contribution in [0, 0.1) is 0 Å². The number of carbonyl (C=O) groups excluding carboxylic acids is 1. The van der Waals surface area contributed by atoms with Gasteiger partial charge in [-0.15, -0.1) is 0 Å². The van der Waals surface area contributed by atoms with Crippen LogP contribution in [0.1, 0.15) is 39.3 Å². The summed E-state index contributed by atoms with van der Waals surface area (Å²) in [5.74, 6) is 0. The van der Waals surface area contributed by atoms with Gasteiger partial charge in [-0.25, -0.2) is 4.79 Å². The summed E-state index contributed by atoms with van der Waals surface area (Å²) in [6.45, 7) is 9.19. The molecule has 0 saturated carbocycles. The van der Waals surface area contributed by atoms with Crippen LogP contribution < -0.4 is 5.32 Å². The number of nitrogens with zero attached hydrogens (tertiary/aromatic N) is 1. The van der Waals surface area contributed by atoms with Gasteiger partial charge in [0.05, 0.1) is 0 Å². The second-order valence-corrected chi connectivity index (χ2v) is 7.44. The lowest BCUT2D eigenvalue weighted by molar-refractivity contribution is 0.00434. The highest BCUT2D eigenvalue weighted by molar-refractivity contribution is 9.10. The third-order valence-electron chi connectivity index (χ3n) is 3.37. The van der Waals surface area contributed by atoms with Crippen LogP contribution in [0.15, 0.2) is 28.7 Å². The van der Waals surface area contributed by atoms with E-state index >= 15 is 0 Å². The molecule has 5 heteroatoms. The van der Waals surface area contributed by atoms with Crippen LogP contribution in [0.25, 0.3) is 0 Å². The fourth-order valence-corrected chi connectivity index (χ4v) is 2.70. The second-order valence-electron chi connectivity index (χ2n) is 6.53. The second kappa shape index (κ2) is 6.36. The quantitative estimate of drug-likeness (QED) is 0.899. The van der Waals surface area contributed by atoms with Gasteiger partial charge in [0.2, 0.25) is 0 Å². The predicted octanol–water partition coefficient (Wildman–Crippen LogP) is 3.72. The molecule has 1 fully saturated rings. The summed E-state index contributed by atoms with van der Waals surface area (Å²) in [6, 6.07) is 8.85. The number of halogens is 1. The van der Waals surface area contributed by atoms with Crippen LogP contribution in [0.5, 0.6) is 0 Å². The summed E-state index contributed by atoms with van der Waals surface area (Å²) in [4.78, 5) is 13.6. The van der Waals surface area contributed by atoms with Gasteiger partial charge in [0.1, 0.15) is 5.60 Å². The minimum absolute atomic E-state index is 0.226. The van der Waals surface area contributed by atoms with Crippen LogP contribution >= 0.6 is 15.9 Å². The first-order chi connectivity index (χ1) is 9.74. The first-order valence-corrected chi connectivity index (χ1v) is 8.03. The molecule has 0 spiro atoms. The average Bonchev–Trinajstić information content (AvgIpc) is 2.30. The molecule has 21 heavy (non-hydrogen) atoms. The molecule has 0 aromatic heterocycles. The molecule has 116 valence electrons. The molecular weight excluding hydrogens is 332 g/mol. The maximum atomic E-state index is 11.9. The van der Waals surface area contributed by atoms with Gasteiger partial charge in [-0.1, -0.05) is 28.1 Å². The Hall–Kier alpha value is -1.07. The van der Waals surface area contributed by atoms with Crippen molar-refractivity contribution >= 4 is 22.0 Å². The number of amides is 1. The first-order valence-electron chi connectivity index (χ1n) is 7.24. The topological polar surface area (TPSA) is 41.6 Å². The zero-order valence-corrected chi connectivity index (χ0v) is 14.6. The Kier molecular flexibility index (Phi) is 4.94. The molecule has 1 amide bonds. The number of likely N-dealkylation sites (tertiary alicyclic amines) is 1. The standard InChI is InChI=1S/C16H23BrN2O2/c1-11(12-6-5-7-13(17)8-12)18-14-9-19(10-14)15(20)21-16(2,3)4/h5-8,11,14,18H,9-10H2,1-4H3/t11-/m0/s1. The van der Waals surface area contributed by atoms with Gasteiger partial charge < -0.3 is 15.0 Å². The number of nitrogens with one attached hydrogen (secondary N) is 1. The van der Waals surface area contributed by atoms with Crippen LogP contribution in [-0.2, 0) is 4.74 Å². The van der Waals surface area contributed by atoms with E-state index in [2.05, 4.69) is 40.3 Å². The van der Waals surface area contributed by atoms with Crippen molar-refractivity contribution < 1.29 is 9.53 Å². The van der Waals surface area contributed by atoms with Gasteiger partial charge in [0.15, 0.2) is 0 Å². The molecule has 1 saturated heterocycles. The smallest absolute Gasteiger partial charge is 0.410 e. The average molecular weight is 355 g/mol. The molecule has 1 aromatic carbocycles. The molecule has 2 rings (SSSR count). The Labute approximate surface area is 135 Å². The first kappa shape index (κ1) is 16.3. The van der Waals surface area contributed by atoms with E-state index in [0.717, 1.165) is 4.47 Å². The summed E-state index contributed by atoms with van der Waals surface area (Å²) >= 11 is 3.49. The van der Waals surface area contributed by atoms with E-state index in [1.807, 2.05) is 32.9 Å². The van der Waals surface area contributed by atoms with Gasteiger partial charge >= 0.3 is 6.09 Å². The molecule has 1 aliphatic heterocycles. The predicted molar refractivity (Wildman–Crippen MR) is 87.3 cm³/mol. The molecule has 1 aromatic rings. The fraction of sp³-hybridized carbons (Fsp3) is 0.562. The van der Waals surface area contributed by atoms with Crippen LogP contribution in [0.3, 0.4) is 0 Å². The number of hydrogen-bond acceptors (Lipinski definition) is 3. The normalized spacial score (nSPS) is 17.3. The molecule has 0 bridgehead atoms. The van der Waals surface area contributed by atoms with E-state index in [9.17, 15) is 4.79 Å². The third kappa shape index (κ3) is 4.71. The zero-order valence-electron chi connectivity index (χ0n) is 13.0. The van der Waals surface area contributed by atoms with Gasteiger partial charge in [0.25, 0.3) is 0 Å². The highest BCUT2D eigenvalue weighted by atomic mass is 79.9. The lowest BCUT2D eigenvalue weighted by Crippen LogP contribution is -2.60. The molecule has 1 atom stereocenters.